The Bertz CT molecular complexity index is 67.0. The summed E-state index contributed by atoms with van der Waals surface area (Å²) in [5.74, 6) is 0. The van der Waals surface area contributed by atoms with Gasteiger partial charge in [0.25, 0.3) is 0 Å². The summed E-state index contributed by atoms with van der Waals surface area (Å²) in [5.41, 5.74) is 0. The van der Waals surface area contributed by atoms with Crippen LogP contribution in [0.15, 0.2) is 0 Å². The normalized spacial score (nSPS) is 8.50. The van der Waals surface area contributed by atoms with Crippen molar-refractivity contribution in [3.63, 3.8) is 0 Å². The minimum atomic E-state index is 2.00. The summed E-state index contributed by atoms with van der Waals surface area (Å²) in [5, 5.41) is 0. The molecule has 16 heavy (non-hydrogen) atoms. The second kappa shape index (κ2) is 22.8. The Morgan fingerprint density at radius 1 is 0.375 bits per heavy atom. The molecule has 0 aromatic rings. The van der Waals surface area contributed by atoms with Gasteiger partial charge in [-0.1, -0.05) is 0 Å². The van der Waals surface area contributed by atoms with E-state index in [2.05, 4.69) is 0 Å². The zero-order valence-electron chi connectivity index (χ0n) is 11.8. The molecule has 0 saturated heterocycles. The van der Waals surface area contributed by atoms with Crippen LogP contribution in [0.25, 0.3) is 0 Å². The Labute approximate surface area is 151 Å². The summed E-state index contributed by atoms with van der Waals surface area (Å²) >= 11 is 8.00. The van der Waals surface area contributed by atoms with Gasteiger partial charge in [0.2, 0.25) is 0 Å². The first-order chi connectivity index (χ1) is 6.93. The van der Waals surface area contributed by atoms with Crippen LogP contribution in [0, 0.1) is 0 Å². The number of nitrogens with zero attached hydrogens (tertiary/aromatic N) is 4. The zero-order valence-corrected chi connectivity index (χ0v) is 18.0. The molecular formula is C8H24N4Ti4. The quantitative estimate of drug-likeness (QED) is 0.560. The summed E-state index contributed by atoms with van der Waals surface area (Å²) in [6.07, 6.45) is 0. The van der Waals surface area contributed by atoms with Crippen molar-refractivity contribution in [2.45, 2.75) is 0 Å². The molecule has 0 rings (SSSR count). The van der Waals surface area contributed by atoms with Gasteiger partial charge in [-0.3, -0.25) is 0 Å². The monoisotopic (exact) mass is 368 g/mol. The first kappa shape index (κ1) is 27.1. The number of rotatable bonds is 0. The molecule has 0 radical (unpaired) electrons. The van der Waals surface area contributed by atoms with E-state index in [1.807, 2.05) is 153 Å². The van der Waals surface area contributed by atoms with Crippen LogP contribution in [0.5, 0.6) is 0 Å². The molecule has 0 aromatic heterocycles. The van der Waals surface area contributed by atoms with E-state index in [-0.39, 0.29) is 0 Å². The molecule has 0 fully saturated rings. The molecular weight excluding hydrogens is 344 g/mol. The van der Waals surface area contributed by atoms with Crippen molar-refractivity contribution in [3.05, 3.63) is 0 Å². The van der Waals surface area contributed by atoms with Gasteiger partial charge in [0, 0.05) is 0 Å². The number of hydrogen-bond acceptors (Lipinski definition) is 4. The molecule has 0 bridgehead atoms. The molecule has 8 heteroatoms. The predicted molar refractivity (Wildman–Crippen MR) is 54.7 cm³/mol. The second-order valence-corrected chi connectivity index (χ2v) is 9.16. The summed E-state index contributed by atoms with van der Waals surface area (Å²) in [7, 11) is 16.0. The molecule has 0 N–H and O–H groups in total. The third-order valence-electron chi connectivity index (χ3n) is 0. The minimum absolute atomic E-state index is 2.00. The molecule has 0 spiro atoms. The summed E-state index contributed by atoms with van der Waals surface area (Å²) in [4.78, 5) is 0. The molecule has 92 valence electrons. The fourth-order valence-corrected chi connectivity index (χ4v) is 0. The van der Waals surface area contributed by atoms with Gasteiger partial charge in [-0.2, -0.15) is 0 Å². The molecule has 0 aliphatic rings. The Morgan fingerprint density at radius 3 is 0.375 bits per heavy atom. The second-order valence-electron chi connectivity index (χ2n) is 3.58. The van der Waals surface area contributed by atoms with Crippen molar-refractivity contribution in [2.75, 3.05) is 56.4 Å². The van der Waals surface area contributed by atoms with Crippen molar-refractivity contribution in [1.29, 1.82) is 0 Å². The van der Waals surface area contributed by atoms with E-state index in [4.69, 9.17) is 0 Å². The maximum absolute atomic E-state index is 2.00. The van der Waals surface area contributed by atoms with E-state index in [1.54, 1.807) is 0 Å². The molecule has 0 amide bonds. The van der Waals surface area contributed by atoms with Crippen LogP contribution in [0.3, 0.4) is 0 Å². The predicted octanol–water partition coefficient (Wildman–Crippen LogP) is 0.0392. The fourth-order valence-electron chi connectivity index (χ4n) is 0. The van der Waals surface area contributed by atoms with E-state index in [9.17, 15) is 0 Å². The molecule has 0 aliphatic heterocycles. The van der Waals surface area contributed by atoms with Gasteiger partial charge in [0.05, 0.1) is 0 Å². The standard InChI is InChI=1S/4C2H6N.4Ti/c4*1-3-2;;;;/h4*1-2H3;;;;/q4*-1;4*+1. The van der Waals surface area contributed by atoms with Crippen LogP contribution in [-0.4, -0.2) is 69.9 Å². The summed E-state index contributed by atoms with van der Waals surface area (Å²) < 4.78 is 8.00. The van der Waals surface area contributed by atoms with Gasteiger partial charge >= 0.3 is 153 Å². The molecule has 0 saturated carbocycles. The van der Waals surface area contributed by atoms with Gasteiger partial charge in [-0.15, -0.1) is 0 Å². The first-order valence-corrected chi connectivity index (χ1v) is 7.27. The van der Waals surface area contributed by atoms with Crippen molar-refractivity contribution in [2.24, 2.45) is 0 Å². The van der Waals surface area contributed by atoms with E-state index < -0.39 is 0 Å². The van der Waals surface area contributed by atoms with Crippen molar-refractivity contribution in [3.8, 4) is 0 Å². The van der Waals surface area contributed by atoms with Gasteiger partial charge in [-0.05, 0) is 0 Å². The molecule has 0 heterocycles. The van der Waals surface area contributed by atoms with E-state index >= 15 is 0 Å². The molecule has 0 atom stereocenters. The topological polar surface area (TPSA) is 13.0 Å². The van der Waals surface area contributed by atoms with Crippen LogP contribution in [0.2, 0.25) is 0 Å². The Morgan fingerprint density at radius 2 is 0.375 bits per heavy atom. The molecule has 0 aliphatic carbocycles. The SMILES string of the molecule is C[N](C)[Ti].C[N](C)[Ti].C[N](C)[Ti].C[N](C)[Ti]. The van der Waals surface area contributed by atoms with E-state index in [0.717, 1.165) is 0 Å². The van der Waals surface area contributed by atoms with Gasteiger partial charge in [0.1, 0.15) is 0 Å². The maximum atomic E-state index is 2.00. The Kier molecular flexibility index (Phi) is 38.7. The average Bonchev–Trinajstić information content (AvgIpc) is 1.76. The molecule has 4 nitrogen and oxygen atoms in total. The van der Waals surface area contributed by atoms with Crippen LogP contribution in [-0.2, 0) is 82.8 Å². The number of hydrogen-bond donors (Lipinski definition) is 0. The summed E-state index contributed by atoms with van der Waals surface area (Å²) in [6, 6.07) is 0. The Hall–Kier alpha value is 2.70. The Balaban J connectivity index is -0.0000000600. The third kappa shape index (κ3) is 566. The molecule has 0 unspecified atom stereocenters. The van der Waals surface area contributed by atoms with Crippen LogP contribution in [0.4, 0.5) is 0 Å². The van der Waals surface area contributed by atoms with Crippen molar-refractivity contribution < 1.29 is 82.8 Å². The van der Waals surface area contributed by atoms with Gasteiger partial charge in [0.15, 0.2) is 0 Å². The summed E-state index contributed by atoms with van der Waals surface area (Å²) in [6.45, 7) is 0. The van der Waals surface area contributed by atoms with Crippen LogP contribution < -0.4 is 0 Å². The molecule has 0 aromatic carbocycles. The van der Waals surface area contributed by atoms with Crippen LogP contribution in [0.1, 0.15) is 0 Å². The first-order valence-electron chi connectivity index (χ1n) is 4.47. The average molecular weight is 368 g/mol. The zero-order chi connectivity index (χ0) is 14.3. The van der Waals surface area contributed by atoms with Crippen molar-refractivity contribution >= 4 is 0 Å². The van der Waals surface area contributed by atoms with E-state index in [1.165, 1.54) is 0 Å². The van der Waals surface area contributed by atoms with E-state index in [0.29, 0.717) is 0 Å². The van der Waals surface area contributed by atoms with Crippen LogP contribution >= 0.6 is 0 Å². The van der Waals surface area contributed by atoms with Crippen molar-refractivity contribution in [1.82, 2.24) is 13.5 Å². The third-order valence-corrected chi connectivity index (χ3v) is 0. The van der Waals surface area contributed by atoms with Gasteiger partial charge in [-0.25, -0.2) is 0 Å². The fraction of sp³-hybridized carbons (Fsp3) is 1.00. The van der Waals surface area contributed by atoms with Gasteiger partial charge < -0.3 is 0 Å².